The van der Waals surface area contributed by atoms with E-state index in [1.165, 1.54) is 0 Å². The third-order valence-electron chi connectivity index (χ3n) is 3.82. The molecule has 4 rings (SSSR count). The molecule has 3 heterocycles. The number of hydrogen-bond acceptors (Lipinski definition) is 4. The molecule has 1 aliphatic heterocycles. The number of imidazole rings is 1. The van der Waals surface area contributed by atoms with Crippen molar-refractivity contribution in [2.75, 3.05) is 18.9 Å². The third kappa shape index (κ3) is 1.22. The lowest BCUT2D eigenvalue weighted by molar-refractivity contribution is 0.159. The van der Waals surface area contributed by atoms with Crippen molar-refractivity contribution in [2.45, 2.75) is 5.92 Å². The average Bonchev–Trinajstić information content (AvgIpc) is 2.71. The second kappa shape index (κ2) is 3.20. The first kappa shape index (κ1) is 9.85. The maximum atomic E-state index is 5.88. The van der Waals surface area contributed by atoms with Crippen LogP contribution in [-0.4, -0.2) is 27.6 Å². The summed E-state index contributed by atoms with van der Waals surface area (Å²) in [6.45, 7) is 1.73. The smallest absolute Gasteiger partial charge is 0.150 e. The Labute approximate surface area is 106 Å². The Morgan fingerprint density at radius 2 is 2.18 bits per heavy atom. The number of rotatable bonds is 1. The van der Waals surface area contributed by atoms with E-state index < -0.39 is 0 Å². The van der Waals surface area contributed by atoms with Gasteiger partial charge in [-0.25, -0.2) is 9.97 Å². The second-order valence-electron chi connectivity index (χ2n) is 4.68. The fraction of sp³-hybridized carbons (Fsp3) is 0.455. The molecule has 2 aliphatic rings. The number of nitrogens with two attached hydrogens (primary N) is 1. The fourth-order valence-electron chi connectivity index (χ4n) is 2.90. The van der Waals surface area contributed by atoms with Gasteiger partial charge >= 0.3 is 0 Å². The molecule has 1 saturated carbocycles. The van der Waals surface area contributed by atoms with E-state index in [2.05, 4.69) is 30.3 Å². The number of anilines is 1. The molecule has 1 saturated heterocycles. The topological polar surface area (TPSA) is 65.4 Å². The van der Waals surface area contributed by atoms with Gasteiger partial charge in [0.05, 0.1) is 13.2 Å². The van der Waals surface area contributed by atoms with Crippen LogP contribution in [-0.2, 0) is 4.74 Å². The van der Waals surface area contributed by atoms with E-state index in [0.717, 1.165) is 29.2 Å². The van der Waals surface area contributed by atoms with Crippen LogP contribution in [0.3, 0.4) is 0 Å². The van der Waals surface area contributed by atoms with Crippen LogP contribution in [0.2, 0.25) is 0 Å². The summed E-state index contributed by atoms with van der Waals surface area (Å²) in [5, 5.41) is 0. The first-order valence-electron chi connectivity index (χ1n) is 5.63. The van der Waals surface area contributed by atoms with Crippen molar-refractivity contribution in [1.82, 2.24) is 14.4 Å². The van der Waals surface area contributed by atoms with E-state index in [9.17, 15) is 0 Å². The van der Waals surface area contributed by atoms with Gasteiger partial charge in [0.25, 0.3) is 0 Å². The Kier molecular flexibility index (Phi) is 1.85. The molecule has 6 heteroatoms. The maximum absolute atomic E-state index is 5.88. The molecule has 0 spiro atoms. The molecule has 0 radical (unpaired) electrons. The van der Waals surface area contributed by atoms with Crippen molar-refractivity contribution < 1.29 is 4.74 Å². The highest BCUT2D eigenvalue weighted by molar-refractivity contribution is 9.10. The normalized spacial score (nSPS) is 30.8. The summed E-state index contributed by atoms with van der Waals surface area (Å²) in [7, 11) is 0. The highest BCUT2D eigenvalue weighted by Gasteiger charge is 2.56. The lowest BCUT2D eigenvalue weighted by Crippen LogP contribution is -2.02. The minimum Gasteiger partial charge on any atom is -0.382 e. The monoisotopic (exact) mass is 294 g/mol. The maximum Gasteiger partial charge on any atom is 0.150 e. The first-order chi connectivity index (χ1) is 8.27. The molecular weight excluding hydrogens is 284 g/mol. The molecule has 88 valence electrons. The molecule has 17 heavy (non-hydrogen) atoms. The number of halogens is 1. The molecule has 0 unspecified atom stereocenters. The van der Waals surface area contributed by atoms with Gasteiger partial charge in [-0.1, -0.05) is 0 Å². The van der Waals surface area contributed by atoms with Gasteiger partial charge in [0.1, 0.15) is 15.9 Å². The van der Waals surface area contributed by atoms with E-state index in [0.29, 0.717) is 23.6 Å². The number of fused-ring (bicyclic) bond motifs is 2. The van der Waals surface area contributed by atoms with Gasteiger partial charge in [-0.05, 0) is 27.8 Å². The van der Waals surface area contributed by atoms with E-state index in [1.54, 1.807) is 6.20 Å². The fourth-order valence-corrected chi connectivity index (χ4v) is 3.48. The van der Waals surface area contributed by atoms with Gasteiger partial charge in [-0.15, -0.1) is 0 Å². The number of hydrogen-bond donors (Lipinski definition) is 1. The van der Waals surface area contributed by atoms with Crippen LogP contribution in [0.25, 0.3) is 5.52 Å². The van der Waals surface area contributed by atoms with Gasteiger partial charge in [-0.2, -0.15) is 0 Å². The van der Waals surface area contributed by atoms with Crippen LogP contribution < -0.4 is 5.73 Å². The summed E-state index contributed by atoms with van der Waals surface area (Å²) in [6.07, 6.45) is 3.64. The van der Waals surface area contributed by atoms with E-state index in [1.807, 2.05) is 6.20 Å². The average molecular weight is 295 g/mol. The molecule has 1 aliphatic carbocycles. The van der Waals surface area contributed by atoms with Gasteiger partial charge in [0, 0.05) is 18.3 Å². The quantitative estimate of drug-likeness (QED) is 0.864. The van der Waals surface area contributed by atoms with Gasteiger partial charge in [0.15, 0.2) is 5.82 Å². The summed E-state index contributed by atoms with van der Waals surface area (Å²) in [5.74, 6) is 3.40. The molecule has 0 bridgehead atoms. The lowest BCUT2D eigenvalue weighted by Gasteiger charge is -2.04. The van der Waals surface area contributed by atoms with Crippen LogP contribution in [0.1, 0.15) is 11.7 Å². The first-order valence-corrected chi connectivity index (χ1v) is 6.42. The van der Waals surface area contributed by atoms with Crippen LogP contribution in [0, 0.1) is 11.8 Å². The Hall–Kier alpha value is -1.14. The molecule has 2 fully saturated rings. The second-order valence-corrected chi connectivity index (χ2v) is 5.43. The zero-order valence-corrected chi connectivity index (χ0v) is 10.6. The molecule has 2 aromatic rings. The van der Waals surface area contributed by atoms with Crippen molar-refractivity contribution in [3.05, 3.63) is 22.8 Å². The Balaban J connectivity index is 1.89. The third-order valence-corrected chi connectivity index (χ3v) is 4.37. The lowest BCUT2D eigenvalue weighted by atomic mass is 10.3. The van der Waals surface area contributed by atoms with Gasteiger partial charge < -0.3 is 10.5 Å². The highest BCUT2D eigenvalue weighted by Crippen LogP contribution is 2.57. The minimum absolute atomic E-state index is 0.514. The molecule has 2 aromatic heterocycles. The predicted molar refractivity (Wildman–Crippen MR) is 65.6 cm³/mol. The summed E-state index contributed by atoms with van der Waals surface area (Å²) in [4.78, 5) is 8.69. The summed E-state index contributed by atoms with van der Waals surface area (Å²) >= 11 is 3.46. The van der Waals surface area contributed by atoms with Crippen molar-refractivity contribution in [3.8, 4) is 0 Å². The van der Waals surface area contributed by atoms with Crippen LogP contribution in [0.5, 0.6) is 0 Å². The number of nitrogen functional groups attached to an aromatic ring is 1. The molecule has 3 atom stereocenters. The van der Waals surface area contributed by atoms with E-state index in [-0.39, 0.29) is 0 Å². The van der Waals surface area contributed by atoms with Crippen LogP contribution >= 0.6 is 15.9 Å². The van der Waals surface area contributed by atoms with Crippen molar-refractivity contribution in [3.63, 3.8) is 0 Å². The molecule has 2 N–H and O–H groups in total. The van der Waals surface area contributed by atoms with E-state index >= 15 is 0 Å². The Bertz CT molecular complexity index is 601. The number of aromatic nitrogens is 3. The Morgan fingerprint density at radius 3 is 2.94 bits per heavy atom. The molecule has 5 nitrogen and oxygen atoms in total. The SMILES string of the molecule is Nc1nccn2c([C@@H]3[C@@H]4COC[C@@H]43)nc(Br)c12. The summed E-state index contributed by atoms with van der Waals surface area (Å²) in [6, 6.07) is 0. The van der Waals surface area contributed by atoms with Crippen molar-refractivity contribution in [1.29, 1.82) is 0 Å². The van der Waals surface area contributed by atoms with Crippen molar-refractivity contribution in [2.24, 2.45) is 11.8 Å². The van der Waals surface area contributed by atoms with Gasteiger partial charge in [-0.3, -0.25) is 4.40 Å². The van der Waals surface area contributed by atoms with Crippen LogP contribution in [0.15, 0.2) is 17.0 Å². The van der Waals surface area contributed by atoms with Crippen LogP contribution in [0.4, 0.5) is 5.82 Å². The number of nitrogens with zero attached hydrogens (tertiary/aromatic N) is 3. The minimum atomic E-state index is 0.514. The standard InChI is InChI=1S/C11H11BrN4O/c12-9-8-10(13)14-1-2-16(8)11(15-9)7-5-3-17-4-6(5)7/h1-2,5-7H,3-4H2,(H2,13,14)/t5-,6+,7-. The zero-order valence-electron chi connectivity index (χ0n) is 9.01. The van der Waals surface area contributed by atoms with E-state index in [4.69, 9.17) is 10.5 Å². The highest BCUT2D eigenvalue weighted by atomic mass is 79.9. The largest absolute Gasteiger partial charge is 0.382 e. The summed E-state index contributed by atoms with van der Waals surface area (Å²) < 4.78 is 8.25. The van der Waals surface area contributed by atoms with Gasteiger partial charge in [0.2, 0.25) is 0 Å². The summed E-state index contributed by atoms with van der Waals surface area (Å²) in [5.41, 5.74) is 6.75. The Morgan fingerprint density at radius 1 is 1.41 bits per heavy atom. The van der Waals surface area contributed by atoms with Crippen molar-refractivity contribution >= 4 is 27.3 Å². The predicted octanol–water partition coefficient (Wildman–Crippen LogP) is 1.43. The zero-order chi connectivity index (χ0) is 11.6. The number of ether oxygens (including phenoxy) is 1. The molecule has 0 aromatic carbocycles. The molecule has 0 amide bonds. The molecular formula is C11H11BrN4O.